The van der Waals surface area contributed by atoms with E-state index in [1.807, 2.05) is 34.0 Å². The van der Waals surface area contributed by atoms with Crippen molar-refractivity contribution in [3.63, 3.8) is 0 Å². The van der Waals surface area contributed by atoms with Crippen molar-refractivity contribution in [2.45, 2.75) is 58.2 Å². The molecule has 1 aliphatic rings. The van der Waals surface area contributed by atoms with Crippen LogP contribution in [0, 0.1) is 0 Å². The molecule has 0 spiro atoms. The van der Waals surface area contributed by atoms with E-state index in [1.165, 1.54) is 0 Å². The highest BCUT2D eigenvalue weighted by Gasteiger charge is 2.22. The molecule has 0 aliphatic heterocycles. The highest BCUT2D eigenvalue weighted by Crippen LogP contribution is 2.27. The lowest BCUT2D eigenvalue weighted by atomic mass is 10.2. The zero-order valence-electron chi connectivity index (χ0n) is 12.6. The van der Waals surface area contributed by atoms with E-state index in [4.69, 9.17) is 4.74 Å². The van der Waals surface area contributed by atoms with Crippen molar-refractivity contribution in [3.8, 4) is 0 Å². The first-order valence-corrected chi connectivity index (χ1v) is 7.03. The molecule has 2 rings (SSSR count). The second-order valence-corrected chi connectivity index (χ2v) is 6.19. The number of ether oxygens (including phenoxy) is 1. The molecule has 1 aromatic heterocycles. The van der Waals surface area contributed by atoms with Crippen LogP contribution in [0.1, 0.15) is 58.3 Å². The largest absolute Gasteiger partial charge is 0.444 e. The second kappa shape index (κ2) is 5.69. The maximum absolute atomic E-state index is 11.8. The van der Waals surface area contributed by atoms with Crippen molar-refractivity contribution in [2.24, 2.45) is 0 Å². The Hall–Kier alpha value is -1.78. The summed E-state index contributed by atoms with van der Waals surface area (Å²) in [4.78, 5) is 16.0. The lowest BCUT2D eigenvalue weighted by molar-refractivity contribution is 0.0506. The lowest BCUT2D eigenvalue weighted by Gasteiger charge is -2.23. The predicted octanol–water partition coefficient (Wildman–Crippen LogP) is 3.36. The number of allylic oxidation sites excluding steroid dienone is 2. The highest BCUT2D eigenvalue weighted by molar-refractivity contribution is 5.68. The van der Waals surface area contributed by atoms with Gasteiger partial charge in [-0.25, -0.2) is 9.78 Å². The summed E-state index contributed by atoms with van der Waals surface area (Å²) >= 11 is 0. The number of aromatic nitrogens is 2. The normalized spacial score (nSPS) is 17.2. The number of carbonyl (C=O) groups is 1. The quantitative estimate of drug-likeness (QED) is 0.862. The van der Waals surface area contributed by atoms with Gasteiger partial charge in [-0.15, -0.1) is 0 Å². The van der Waals surface area contributed by atoms with Gasteiger partial charge in [0.2, 0.25) is 0 Å². The first kappa shape index (κ1) is 14.6. The number of imidazole rings is 1. The molecule has 0 aromatic carbocycles. The summed E-state index contributed by atoms with van der Waals surface area (Å²) in [7, 11) is 0. The van der Waals surface area contributed by atoms with Crippen LogP contribution in [0.5, 0.6) is 0 Å². The Kier molecular flexibility index (Phi) is 4.16. The van der Waals surface area contributed by atoms with E-state index >= 15 is 0 Å². The summed E-state index contributed by atoms with van der Waals surface area (Å²) in [6.45, 7) is 7.50. The molecule has 0 unspecified atom stereocenters. The number of rotatable bonds is 3. The minimum atomic E-state index is -0.487. The molecule has 0 radical (unpaired) electrons. The topological polar surface area (TPSA) is 56.1 Å². The standard InChI is InChI=1S/C15H23N3O2/c1-11(17-14(19)20-15(2,3)4)13-9-16-10-18(13)12-7-5-6-8-12/h5-6,9-12H,7-8H2,1-4H3,(H,17,19)/t11-/m1/s1. The Morgan fingerprint density at radius 1 is 1.45 bits per heavy atom. The Morgan fingerprint density at radius 3 is 2.70 bits per heavy atom. The van der Waals surface area contributed by atoms with Gasteiger partial charge >= 0.3 is 6.09 Å². The van der Waals surface area contributed by atoms with E-state index in [9.17, 15) is 4.79 Å². The SMILES string of the molecule is C[C@@H](NC(=O)OC(C)(C)C)c1cncn1C1CC=CC1. The maximum Gasteiger partial charge on any atom is 0.408 e. The van der Waals surface area contributed by atoms with Crippen molar-refractivity contribution in [2.75, 3.05) is 0 Å². The molecule has 5 heteroatoms. The van der Waals surface area contributed by atoms with Crippen LogP contribution in [-0.2, 0) is 4.74 Å². The summed E-state index contributed by atoms with van der Waals surface area (Å²) in [6, 6.07) is 0.281. The van der Waals surface area contributed by atoms with Crippen molar-refractivity contribution in [1.29, 1.82) is 0 Å². The number of hydrogen-bond acceptors (Lipinski definition) is 3. The summed E-state index contributed by atoms with van der Waals surface area (Å²) in [5, 5.41) is 2.86. The van der Waals surface area contributed by atoms with Gasteiger partial charge in [0, 0.05) is 6.04 Å². The molecule has 110 valence electrons. The first-order chi connectivity index (χ1) is 9.37. The number of nitrogens with one attached hydrogen (secondary N) is 1. The predicted molar refractivity (Wildman–Crippen MR) is 77.4 cm³/mol. The average Bonchev–Trinajstić information content (AvgIpc) is 2.97. The van der Waals surface area contributed by atoms with Crippen molar-refractivity contribution in [3.05, 3.63) is 30.4 Å². The van der Waals surface area contributed by atoms with Crippen LogP contribution in [0.2, 0.25) is 0 Å². The van der Waals surface area contributed by atoms with Gasteiger partial charge in [-0.3, -0.25) is 0 Å². The van der Waals surface area contributed by atoms with E-state index in [-0.39, 0.29) is 6.04 Å². The Balaban J connectivity index is 2.01. The molecule has 1 N–H and O–H groups in total. The van der Waals surface area contributed by atoms with Crippen LogP contribution < -0.4 is 5.32 Å². The fourth-order valence-corrected chi connectivity index (χ4v) is 2.34. The van der Waals surface area contributed by atoms with E-state index in [1.54, 1.807) is 6.20 Å². The molecule has 0 saturated carbocycles. The van der Waals surface area contributed by atoms with Crippen LogP contribution in [0.15, 0.2) is 24.7 Å². The van der Waals surface area contributed by atoms with Gasteiger partial charge < -0.3 is 14.6 Å². The van der Waals surface area contributed by atoms with Gasteiger partial charge in [0.25, 0.3) is 0 Å². The molecule has 1 aromatic rings. The molecular weight excluding hydrogens is 254 g/mol. The Morgan fingerprint density at radius 2 is 2.10 bits per heavy atom. The summed E-state index contributed by atoms with van der Waals surface area (Å²) in [5.74, 6) is 0. The van der Waals surface area contributed by atoms with Gasteiger partial charge in [-0.1, -0.05) is 12.2 Å². The molecular formula is C15H23N3O2. The number of hydrogen-bond donors (Lipinski definition) is 1. The molecule has 5 nitrogen and oxygen atoms in total. The fourth-order valence-electron chi connectivity index (χ4n) is 2.34. The monoisotopic (exact) mass is 277 g/mol. The van der Waals surface area contributed by atoms with Crippen molar-refractivity contribution >= 4 is 6.09 Å². The van der Waals surface area contributed by atoms with Crippen LogP contribution in [0.4, 0.5) is 4.79 Å². The first-order valence-electron chi connectivity index (χ1n) is 7.03. The van der Waals surface area contributed by atoms with Gasteiger partial charge in [0.15, 0.2) is 0 Å². The molecule has 1 amide bonds. The third kappa shape index (κ3) is 3.62. The minimum Gasteiger partial charge on any atom is -0.444 e. The molecule has 0 saturated heterocycles. The number of carbonyl (C=O) groups excluding carboxylic acids is 1. The molecule has 20 heavy (non-hydrogen) atoms. The zero-order valence-corrected chi connectivity index (χ0v) is 12.6. The van der Waals surface area contributed by atoms with E-state index in [0.29, 0.717) is 6.04 Å². The molecule has 0 fully saturated rings. The minimum absolute atomic E-state index is 0.132. The van der Waals surface area contributed by atoms with E-state index in [2.05, 4.69) is 27.0 Å². The molecule has 1 atom stereocenters. The third-order valence-corrected chi connectivity index (χ3v) is 3.25. The second-order valence-electron chi connectivity index (χ2n) is 6.19. The van der Waals surface area contributed by atoms with E-state index < -0.39 is 11.7 Å². The highest BCUT2D eigenvalue weighted by atomic mass is 16.6. The Labute approximate surface area is 120 Å². The lowest BCUT2D eigenvalue weighted by Crippen LogP contribution is -2.34. The van der Waals surface area contributed by atoms with E-state index in [0.717, 1.165) is 18.5 Å². The molecule has 1 aliphatic carbocycles. The zero-order chi connectivity index (χ0) is 14.8. The van der Waals surface area contributed by atoms with Crippen LogP contribution >= 0.6 is 0 Å². The smallest absolute Gasteiger partial charge is 0.408 e. The summed E-state index contributed by atoms with van der Waals surface area (Å²) in [5.41, 5.74) is 0.518. The van der Waals surface area contributed by atoms with Crippen molar-refractivity contribution < 1.29 is 9.53 Å². The van der Waals surface area contributed by atoms with Gasteiger partial charge in [-0.05, 0) is 40.5 Å². The van der Waals surface area contributed by atoms with Gasteiger partial charge in [-0.2, -0.15) is 0 Å². The summed E-state index contributed by atoms with van der Waals surface area (Å²) in [6.07, 6.45) is 9.63. The van der Waals surface area contributed by atoms with Crippen molar-refractivity contribution in [1.82, 2.24) is 14.9 Å². The van der Waals surface area contributed by atoms with Crippen LogP contribution in [-0.4, -0.2) is 21.2 Å². The Bertz CT molecular complexity index is 491. The van der Waals surface area contributed by atoms with Gasteiger partial charge in [0.05, 0.1) is 24.3 Å². The number of alkyl carbamates (subject to hydrolysis) is 1. The fraction of sp³-hybridized carbons (Fsp3) is 0.600. The van der Waals surface area contributed by atoms with Gasteiger partial charge in [0.1, 0.15) is 5.60 Å². The van der Waals surface area contributed by atoms with Crippen LogP contribution in [0.25, 0.3) is 0 Å². The summed E-state index contributed by atoms with van der Waals surface area (Å²) < 4.78 is 7.42. The molecule has 0 bridgehead atoms. The van der Waals surface area contributed by atoms with Crippen LogP contribution in [0.3, 0.4) is 0 Å². The third-order valence-electron chi connectivity index (χ3n) is 3.25. The number of amides is 1. The average molecular weight is 277 g/mol. The maximum atomic E-state index is 11.8. The molecule has 1 heterocycles. The number of nitrogens with zero attached hydrogens (tertiary/aromatic N) is 2.